The summed E-state index contributed by atoms with van der Waals surface area (Å²) in [7, 11) is 1.48. The number of aliphatic carboxylic acids is 1. The van der Waals surface area contributed by atoms with Gasteiger partial charge in [0, 0.05) is 24.8 Å². The molecule has 0 bridgehead atoms. The Kier molecular flexibility index (Phi) is 5.91. The fourth-order valence-corrected chi connectivity index (χ4v) is 3.16. The molecule has 0 amide bonds. The third kappa shape index (κ3) is 4.42. The molecule has 29 heavy (non-hydrogen) atoms. The van der Waals surface area contributed by atoms with Crippen LogP contribution in [-0.2, 0) is 4.79 Å². The van der Waals surface area contributed by atoms with Crippen LogP contribution >= 0.6 is 0 Å². The van der Waals surface area contributed by atoms with E-state index in [1.807, 2.05) is 13.8 Å². The molecule has 3 aromatic rings. The van der Waals surface area contributed by atoms with Crippen molar-refractivity contribution < 1.29 is 23.4 Å². The van der Waals surface area contributed by atoms with E-state index in [-0.39, 0.29) is 24.0 Å². The van der Waals surface area contributed by atoms with Crippen molar-refractivity contribution in [3.63, 3.8) is 0 Å². The van der Waals surface area contributed by atoms with E-state index in [4.69, 9.17) is 9.15 Å². The normalized spacial score (nSPS) is 12.2. The lowest BCUT2D eigenvalue weighted by Crippen LogP contribution is -2.10. The van der Waals surface area contributed by atoms with Gasteiger partial charge in [0.1, 0.15) is 11.6 Å². The van der Waals surface area contributed by atoms with E-state index in [1.54, 1.807) is 31.3 Å². The van der Waals surface area contributed by atoms with Gasteiger partial charge >= 0.3 is 5.97 Å². The third-order valence-electron chi connectivity index (χ3n) is 4.61. The first kappa shape index (κ1) is 20.4. The third-order valence-corrected chi connectivity index (χ3v) is 4.61. The van der Waals surface area contributed by atoms with E-state index in [0.29, 0.717) is 28.5 Å². The number of carboxylic acid groups (broad SMARTS) is 1. The van der Waals surface area contributed by atoms with Crippen LogP contribution in [0.25, 0.3) is 11.1 Å². The molecule has 3 rings (SSSR count). The standard InChI is InChI=1S/C21H22FN3O4/c1-11(2)14-8-15(19(28-4)10-17(14)22)13-5-6-23-18(7-13)16(9-20(26)27)21-25-24-12(3)29-21/h5-8,10-11,16H,9H2,1-4H3,(H,26,27). The SMILES string of the molecule is COc1cc(F)c(C(C)C)cc1-c1ccnc(C(CC(=O)O)c2nnc(C)o2)c1. The van der Waals surface area contributed by atoms with Crippen LogP contribution in [0.2, 0.25) is 0 Å². The minimum atomic E-state index is -1.01. The summed E-state index contributed by atoms with van der Waals surface area (Å²) in [6.45, 7) is 5.45. The fourth-order valence-electron chi connectivity index (χ4n) is 3.16. The molecule has 0 aliphatic heterocycles. The average molecular weight is 399 g/mol. The Bertz CT molecular complexity index is 1030. The molecular weight excluding hydrogens is 377 g/mol. The van der Waals surface area contributed by atoms with Crippen molar-refractivity contribution in [1.82, 2.24) is 15.2 Å². The van der Waals surface area contributed by atoms with E-state index < -0.39 is 11.9 Å². The Morgan fingerprint density at radius 1 is 1.28 bits per heavy atom. The Morgan fingerprint density at radius 3 is 2.62 bits per heavy atom. The number of pyridine rings is 1. The van der Waals surface area contributed by atoms with E-state index in [2.05, 4.69) is 15.2 Å². The van der Waals surface area contributed by atoms with Crippen LogP contribution in [0.3, 0.4) is 0 Å². The van der Waals surface area contributed by atoms with E-state index in [9.17, 15) is 14.3 Å². The van der Waals surface area contributed by atoms with Crippen molar-refractivity contribution in [2.24, 2.45) is 0 Å². The zero-order chi connectivity index (χ0) is 21.1. The van der Waals surface area contributed by atoms with Gasteiger partial charge in [-0.3, -0.25) is 9.78 Å². The minimum Gasteiger partial charge on any atom is -0.496 e. The number of aryl methyl sites for hydroxylation is 1. The first-order valence-electron chi connectivity index (χ1n) is 9.15. The van der Waals surface area contributed by atoms with Crippen molar-refractivity contribution in [3.05, 3.63) is 59.3 Å². The molecule has 1 N–H and O–H groups in total. The molecular formula is C21H22FN3O4. The Balaban J connectivity index is 2.11. The van der Waals surface area contributed by atoms with E-state index in [0.717, 1.165) is 5.56 Å². The number of hydrogen-bond acceptors (Lipinski definition) is 6. The van der Waals surface area contributed by atoms with Gasteiger partial charge in [-0.15, -0.1) is 10.2 Å². The van der Waals surface area contributed by atoms with Gasteiger partial charge in [-0.1, -0.05) is 13.8 Å². The largest absolute Gasteiger partial charge is 0.496 e. The first-order chi connectivity index (χ1) is 13.8. The summed E-state index contributed by atoms with van der Waals surface area (Å²) in [6.07, 6.45) is 1.32. The number of methoxy groups -OCH3 is 1. The summed E-state index contributed by atoms with van der Waals surface area (Å²) in [5, 5.41) is 17.1. The zero-order valence-corrected chi connectivity index (χ0v) is 16.6. The number of hydrogen-bond donors (Lipinski definition) is 1. The summed E-state index contributed by atoms with van der Waals surface area (Å²) < 4.78 is 25.2. The highest BCUT2D eigenvalue weighted by molar-refractivity contribution is 5.72. The zero-order valence-electron chi connectivity index (χ0n) is 16.6. The maximum absolute atomic E-state index is 14.4. The second kappa shape index (κ2) is 8.38. The summed E-state index contributed by atoms with van der Waals surface area (Å²) >= 11 is 0. The number of benzene rings is 1. The van der Waals surface area contributed by atoms with Gasteiger partial charge in [-0.05, 0) is 35.2 Å². The minimum absolute atomic E-state index is 0.0120. The van der Waals surface area contributed by atoms with Gasteiger partial charge in [0.05, 0.1) is 25.1 Å². The van der Waals surface area contributed by atoms with Crippen molar-refractivity contribution in [2.45, 2.75) is 39.0 Å². The summed E-state index contributed by atoms with van der Waals surface area (Å²) in [6, 6.07) is 6.62. The number of carboxylic acids is 1. The Morgan fingerprint density at radius 2 is 2.03 bits per heavy atom. The number of ether oxygens (including phenoxy) is 1. The number of halogens is 1. The van der Waals surface area contributed by atoms with Crippen molar-refractivity contribution in [1.29, 1.82) is 0 Å². The number of rotatable bonds is 7. The Hall–Kier alpha value is -3.29. The first-order valence-corrected chi connectivity index (χ1v) is 9.15. The molecule has 1 atom stereocenters. The molecule has 1 aromatic carbocycles. The highest BCUT2D eigenvalue weighted by Gasteiger charge is 2.25. The van der Waals surface area contributed by atoms with Gasteiger partial charge in [0.2, 0.25) is 11.8 Å². The predicted molar refractivity (Wildman–Crippen MR) is 103 cm³/mol. The highest BCUT2D eigenvalue weighted by Crippen LogP contribution is 2.36. The fraction of sp³-hybridized carbons (Fsp3) is 0.333. The molecule has 0 aliphatic carbocycles. The maximum Gasteiger partial charge on any atom is 0.304 e. The topological polar surface area (TPSA) is 98.3 Å². The van der Waals surface area contributed by atoms with Crippen LogP contribution in [0.5, 0.6) is 5.75 Å². The second-order valence-electron chi connectivity index (χ2n) is 7.01. The summed E-state index contributed by atoms with van der Waals surface area (Å²) in [5.74, 6) is -1.16. The monoisotopic (exact) mass is 399 g/mol. The summed E-state index contributed by atoms with van der Waals surface area (Å²) in [5.41, 5.74) is 2.44. The molecule has 0 aliphatic rings. The van der Waals surface area contributed by atoms with Crippen LogP contribution in [0.1, 0.15) is 55.1 Å². The average Bonchev–Trinajstić information content (AvgIpc) is 3.11. The molecule has 0 saturated heterocycles. The smallest absolute Gasteiger partial charge is 0.304 e. The molecule has 7 nitrogen and oxygen atoms in total. The maximum atomic E-state index is 14.4. The molecule has 2 aromatic heterocycles. The van der Waals surface area contributed by atoms with E-state index >= 15 is 0 Å². The lowest BCUT2D eigenvalue weighted by molar-refractivity contribution is -0.137. The van der Waals surface area contributed by atoms with Crippen molar-refractivity contribution in [3.8, 4) is 16.9 Å². The van der Waals surface area contributed by atoms with E-state index in [1.165, 1.54) is 13.2 Å². The van der Waals surface area contributed by atoms with Gasteiger partial charge < -0.3 is 14.3 Å². The summed E-state index contributed by atoms with van der Waals surface area (Å²) in [4.78, 5) is 15.7. The molecule has 152 valence electrons. The lowest BCUT2D eigenvalue weighted by Gasteiger charge is -2.16. The number of nitrogens with zero attached hydrogens (tertiary/aromatic N) is 3. The number of carbonyl (C=O) groups is 1. The molecule has 0 radical (unpaired) electrons. The second-order valence-corrected chi connectivity index (χ2v) is 7.01. The van der Waals surface area contributed by atoms with Gasteiger partial charge in [-0.2, -0.15) is 0 Å². The molecule has 8 heteroatoms. The number of aromatic nitrogens is 3. The van der Waals surface area contributed by atoms with Crippen molar-refractivity contribution in [2.75, 3.05) is 7.11 Å². The molecule has 2 heterocycles. The van der Waals surface area contributed by atoms with Crippen LogP contribution in [0, 0.1) is 12.7 Å². The lowest BCUT2D eigenvalue weighted by atomic mass is 9.94. The molecule has 0 spiro atoms. The molecule has 1 unspecified atom stereocenters. The predicted octanol–water partition coefficient (Wildman–Crippen LogP) is 4.32. The van der Waals surface area contributed by atoms with Crippen LogP contribution in [0.15, 0.2) is 34.9 Å². The van der Waals surface area contributed by atoms with Gasteiger partial charge in [-0.25, -0.2) is 4.39 Å². The van der Waals surface area contributed by atoms with Crippen LogP contribution in [0.4, 0.5) is 4.39 Å². The Labute approximate surface area is 167 Å². The van der Waals surface area contributed by atoms with Gasteiger partial charge in [0.25, 0.3) is 0 Å². The van der Waals surface area contributed by atoms with Crippen LogP contribution in [-0.4, -0.2) is 33.4 Å². The van der Waals surface area contributed by atoms with Gasteiger partial charge in [0.15, 0.2) is 0 Å². The molecule has 0 saturated carbocycles. The van der Waals surface area contributed by atoms with Crippen molar-refractivity contribution >= 4 is 5.97 Å². The highest BCUT2D eigenvalue weighted by atomic mass is 19.1. The quantitative estimate of drug-likeness (QED) is 0.632. The van der Waals surface area contributed by atoms with Crippen LogP contribution < -0.4 is 4.74 Å². The molecule has 0 fully saturated rings.